The molecule has 0 spiro atoms. The van der Waals surface area contributed by atoms with Crippen molar-refractivity contribution in [2.45, 2.75) is 44.8 Å². The fraction of sp³-hybridized carbons (Fsp3) is 0.500. The lowest BCUT2D eigenvalue weighted by molar-refractivity contribution is 0.0767. The smallest absolute Gasteiger partial charge is 0.178 e. The Hall–Kier alpha value is -1.20. The lowest BCUT2D eigenvalue weighted by atomic mass is 9.92. The second-order valence-electron chi connectivity index (χ2n) is 5.34. The van der Waals surface area contributed by atoms with Gasteiger partial charge in [0.1, 0.15) is 5.82 Å². The van der Waals surface area contributed by atoms with E-state index in [-0.39, 0.29) is 18.0 Å². The molecule has 1 aromatic heterocycles. The van der Waals surface area contributed by atoms with Crippen LogP contribution in [0.25, 0.3) is 11.0 Å². The van der Waals surface area contributed by atoms with E-state index in [1.165, 1.54) is 6.07 Å². The zero-order valence-corrected chi connectivity index (χ0v) is 11.6. The molecule has 1 heterocycles. The molecule has 19 heavy (non-hydrogen) atoms. The standard InChI is InChI=1S/C14H17FN2OS/c1-8-6-12-10(7-9(8)15)16-14(19)17(12)11-4-2-3-5-13(11)18/h6-7,11,13,18H,2-5H2,1H3,(H,16,19). The quantitative estimate of drug-likeness (QED) is 0.783. The summed E-state index contributed by atoms with van der Waals surface area (Å²) >= 11 is 5.35. The molecule has 1 aromatic carbocycles. The maximum Gasteiger partial charge on any atom is 0.178 e. The minimum absolute atomic E-state index is 0.000128. The van der Waals surface area contributed by atoms with E-state index >= 15 is 0 Å². The van der Waals surface area contributed by atoms with Gasteiger partial charge in [0, 0.05) is 0 Å². The van der Waals surface area contributed by atoms with E-state index in [1.807, 2.05) is 4.57 Å². The number of H-pyrrole nitrogens is 1. The molecule has 0 amide bonds. The fourth-order valence-electron chi connectivity index (χ4n) is 2.97. The van der Waals surface area contributed by atoms with Crippen LogP contribution < -0.4 is 0 Å². The Balaban J connectivity index is 2.19. The van der Waals surface area contributed by atoms with Crippen molar-refractivity contribution in [3.8, 4) is 0 Å². The van der Waals surface area contributed by atoms with E-state index in [0.717, 1.165) is 31.2 Å². The fourth-order valence-corrected chi connectivity index (χ4v) is 3.32. The van der Waals surface area contributed by atoms with Gasteiger partial charge >= 0.3 is 0 Å². The van der Waals surface area contributed by atoms with E-state index < -0.39 is 0 Å². The summed E-state index contributed by atoms with van der Waals surface area (Å²) in [7, 11) is 0. The first-order valence-corrected chi connectivity index (χ1v) is 7.07. The molecule has 1 saturated carbocycles. The number of aromatic nitrogens is 2. The van der Waals surface area contributed by atoms with E-state index in [1.54, 1.807) is 13.0 Å². The highest BCUT2D eigenvalue weighted by Crippen LogP contribution is 2.32. The first-order chi connectivity index (χ1) is 9.08. The lowest BCUT2D eigenvalue weighted by Crippen LogP contribution is -2.27. The molecule has 1 aliphatic rings. The summed E-state index contributed by atoms with van der Waals surface area (Å²) in [6.07, 6.45) is 3.50. The summed E-state index contributed by atoms with van der Waals surface area (Å²) in [5, 5.41) is 10.2. The van der Waals surface area contributed by atoms with Gasteiger partial charge in [-0.2, -0.15) is 0 Å². The molecule has 3 rings (SSSR count). The Morgan fingerprint density at radius 1 is 1.37 bits per heavy atom. The normalized spacial score (nSPS) is 23.9. The minimum Gasteiger partial charge on any atom is -0.391 e. The number of nitrogens with zero attached hydrogens (tertiary/aromatic N) is 1. The Morgan fingerprint density at radius 3 is 2.84 bits per heavy atom. The minimum atomic E-state index is -0.371. The van der Waals surface area contributed by atoms with Gasteiger partial charge in [0.05, 0.1) is 23.2 Å². The zero-order valence-electron chi connectivity index (χ0n) is 10.8. The highest BCUT2D eigenvalue weighted by molar-refractivity contribution is 7.71. The molecule has 1 aliphatic carbocycles. The summed E-state index contributed by atoms with van der Waals surface area (Å²) in [6.45, 7) is 1.74. The summed E-state index contributed by atoms with van der Waals surface area (Å²) in [5.74, 6) is -0.236. The summed E-state index contributed by atoms with van der Waals surface area (Å²) in [4.78, 5) is 3.04. The monoisotopic (exact) mass is 280 g/mol. The highest BCUT2D eigenvalue weighted by atomic mass is 32.1. The largest absolute Gasteiger partial charge is 0.391 e. The van der Waals surface area contributed by atoms with Gasteiger partial charge in [-0.3, -0.25) is 0 Å². The molecule has 0 aliphatic heterocycles. The van der Waals surface area contributed by atoms with Gasteiger partial charge in [-0.1, -0.05) is 12.8 Å². The number of aromatic amines is 1. The van der Waals surface area contributed by atoms with E-state index in [2.05, 4.69) is 4.98 Å². The molecule has 102 valence electrons. The van der Waals surface area contributed by atoms with Crippen LogP contribution in [0, 0.1) is 17.5 Å². The van der Waals surface area contributed by atoms with Crippen LogP contribution in [0.2, 0.25) is 0 Å². The molecule has 5 heteroatoms. The predicted octanol–water partition coefficient (Wildman–Crippen LogP) is 3.62. The topological polar surface area (TPSA) is 41.0 Å². The van der Waals surface area contributed by atoms with Crippen LogP contribution in [0.15, 0.2) is 12.1 Å². The van der Waals surface area contributed by atoms with Crippen LogP contribution in [0.4, 0.5) is 4.39 Å². The van der Waals surface area contributed by atoms with Crippen molar-refractivity contribution >= 4 is 23.3 Å². The SMILES string of the molecule is Cc1cc2c(cc1F)[nH]c(=S)n2C1CCCCC1O. The number of hydrogen-bond acceptors (Lipinski definition) is 2. The van der Waals surface area contributed by atoms with Crippen LogP contribution in [0.3, 0.4) is 0 Å². The summed E-state index contributed by atoms with van der Waals surface area (Å²) < 4.78 is 16.1. The van der Waals surface area contributed by atoms with Gasteiger partial charge in [-0.25, -0.2) is 4.39 Å². The van der Waals surface area contributed by atoms with Gasteiger partial charge in [-0.15, -0.1) is 0 Å². The third-order valence-corrected chi connectivity index (χ3v) is 4.32. The lowest BCUT2D eigenvalue weighted by Gasteiger charge is -2.29. The Morgan fingerprint density at radius 2 is 2.11 bits per heavy atom. The number of fused-ring (bicyclic) bond motifs is 1. The van der Waals surface area contributed by atoms with Gasteiger partial charge in [0.25, 0.3) is 0 Å². The van der Waals surface area contributed by atoms with E-state index in [4.69, 9.17) is 12.2 Å². The van der Waals surface area contributed by atoms with Crippen molar-refractivity contribution in [3.05, 3.63) is 28.3 Å². The van der Waals surface area contributed by atoms with Gasteiger partial charge in [0.2, 0.25) is 0 Å². The molecule has 2 N–H and O–H groups in total. The zero-order chi connectivity index (χ0) is 13.6. The van der Waals surface area contributed by atoms with Crippen LogP contribution in [0.5, 0.6) is 0 Å². The predicted molar refractivity (Wildman–Crippen MR) is 75.3 cm³/mol. The van der Waals surface area contributed by atoms with Gasteiger partial charge in [-0.05, 0) is 49.7 Å². The van der Waals surface area contributed by atoms with Crippen molar-refractivity contribution in [3.63, 3.8) is 0 Å². The first kappa shape index (κ1) is 12.8. The van der Waals surface area contributed by atoms with Crippen LogP contribution >= 0.6 is 12.2 Å². The molecule has 2 atom stereocenters. The molecular formula is C14H17FN2OS. The van der Waals surface area contributed by atoms with Crippen molar-refractivity contribution in [2.24, 2.45) is 0 Å². The molecule has 3 nitrogen and oxygen atoms in total. The molecule has 2 unspecified atom stereocenters. The first-order valence-electron chi connectivity index (χ1n) is 6.66. The highest BCUT2D eigenvalue weighted by Gasteiger charge is 2.26. The van der Waals surface area contributed by atoms with E-state index in [9.17, 15) is 9.50 Å². The molecule has 2 aromatic rings. The Labute approximate surface area is 116 Å². The third kappa shape index (κ3) is 2.11. The van der Waals surface area contributed by atoms with Gasteiger partial charge < -0.3 is 14.7 Å². The third-order valence-electron chi connectivity index (χ3n) is 4.02. The maximum absolute atomic E-state index is 13.6. The number of hydrogen-bond donors (Lipinski definition) is 2. The van der Waals surface area contributed by atoms with E-state index in [0.29, 0.717) is 15.9 Å². The van der Waals surface area contributed by atoms with Crippen molar-refractivity contribution in [1.29, 1.82) is 0 Å². The molecular weight excluding hydrogens is 263 g/mol. The number of halogens is 1. The molecule has 0 radical (unpaired) electrons. The Bertz CT molecular complexity index is 676. The molecule has 0 saturated heterocycles. The van der Waals surface area contributed by atoms with Crippen LogP contribution in [-0.4, -0.2) is 20.8 Å². The number of rotatable bonds is 1. The summed E-state index contributed by atoms with van der Waals surface area (Å²) in [5.41, 5.74) is 2.18. The number of aliphatic hydroxyl groups is 1. The number of benzene rings is 1. The number of aryl methyl sites for hydroxylation is 1. The second-order valence-corrected chi connectivity index (χ2v) is 5.72. The average molecular weight is 280 g/mol. The molecule has 1 fully saturated rings. The number of aliphatic hydroxyl groups excluding tert-OH is 1. The van der Waals surface area contributed by atoms with Crippen molar-refractivity contribution < 1.29 is 9.50 Å². The van der Waals surface area contributed by atoms with Crippen molar-refractivity contribution in [1.82, 2.24) is 9.55 Å². The van der Waals surface area contributed by atoms with Gasteiger partial charge in [0.15, 0.2) is 4.77 Å². The number of nitrogens with one attached hydrogen (secondary N) is 1. The molecule has 0 bridgehead atoms. The second kappa shape index (κ2) is 4.72. The van der Waals surface area contributed by atoms with Crippen molar-refractivity contribution in [2.75, 3.05) is 0 Å². The summed E-state index contributed by atoms with van der Waals surface area (Å²) in [6, 6.07) is 3.28. The Kier molecular flexibility index (Phi) is 3.19. The average Bonchev–Trinajstić information content (AvgIpc) is 2.66. The van der Waals surface area contributed by atoms with Crippen LogP contribution in [0.1, 0.15) is 37.3 Å². The van der Waals surface area contributed by atoms with Crippen LogP contribution in [-0.2, 0) is 0 Å². The maximum atomic E-state index is 13.6. The number of imidazole rings is 1.